The Morgan fingerprint density at radius 1 is 1.13 bits per heavy atom. The first-order valence-electron chi connectivity index (χ1n) is 11.6. The molecule has 2 aromatic rings. The van der Waals surface area contributed by atoms with E-state index in [0.717, 1.165) is 44.0 Å². The zero-order valence-electron chi connectivity index (χ0n) is 18.1. The summed E-state index contributed by atoms with van der Waals surface area (Å²) < 4.78 is 15.7. The molecule has 2 heterocycles. The van der Waals surface area contributed by atoms with Gasteiger partial charge < -0.3 is 9.88 Å². The van der Waals surface area contributed by atoms with Gasteiger partial charge in [-0.2, -0.15) is 0 Å². The highest BCUT2D eigenvalue weighted by molar-refractivity contribution is 5.79. The first-order chi connectivity index (χ1) is 14.9. The number of aromatic nitrogens is 3. The van der Waals surface area contributed by atoms with Crippen molar-refractivity contribution in [3.8, 4) is 0 Å². The van der Waals surface area contributed by atoms with E-state index in [2.05, 4.69) is 25.0 Å². The van der Waals surface area contributed by atoms with Crippen molar-refractivity contribution in [3.05, 3.63) is 47.3 Å². The molecule has 1 aliphatic heterocycles. The average Bonchev–Trinajstić information content (AvgIpc) is 3.07. The summed E-state index contributed by atoms with van der Waals surface area (Å²) >= 11 is 0. The molecule has 1 aromatic heterocycles. The zero-order valence-corrected chi connectivity index (χ0v) is 18.1. The number of carbonyl (C=O) groups is 1. The Balaban J connectivity index is 1.18. The second kappa shape index (κ2) is 6.86. The first-order valence-corrected chi connectivity index (χ1v) is 11.6. The van der Waals surface area contributed by atoms with E-state index in [0.29, 0.717) is 24.9 Å². The molecule has 4 fully saturated rings. The van der Waals surface area contributed by atoms with E-state index in [4.69, 9.17) is 0 Å². The summed E-state index contributed by atoms with van der Waals surface area (Å²) in [7, 11) is 0. The van der Waals surface area contributed by atoms with Gasteiger partial charge in [-0.05, 0) is 80.4 Å². The molecule has 4 aliphatic carbocycles. The minimum Gasteiger partial charge on any atom is -0.350 e. The van der Waals surface area contributed by atoms with Crippen molar-refractivity contribution in [2.24, 2.45) is 11.8 Å². The van der Waals surface area contributed by atoms with Crippen LogP contribution in [0.25, 0.3) is 0 Å². The smallest absolute Gasteiger partial charge is 0.234 e. The summed E-state index contributed by atoms with van der Waals surface area (Å²) in [4.78, 5) is 15.3. The maximum atomic E-state index is 13.6. The van der Waals surface area contributed by atoms with Crippen molar-refractivity contribution < 1.29 is 9.18 Å². The van der Waals surface area contributed by atoms with Crippen LogP contribution in [0.15, 0.2) is 24.3 Å². The quantitative estimate of drug-likeness (QED) is 0.821. The number of nitrogens with one attached hydrogen (secondary N) is 1. The number of nitrogens with zero attached hydrogens (tertiary/aromatic N) is 4. The molecule has 1 amide bonds. The molecule has 1 aromatic carbocycles. The van der Waals surface area contributed by atoms with E-state index in [1.807, 2.05) is 19.1 Å². The largest absolute Gasteiger partial charge is 0.350 e. The van der Waals surface area contributed by atoms with Crippen LogP contribution in [0.4, 0.5) is 4.39 Å². The lowest BCUT2D eigenvalue weighted by molar-refractivity contribution is -0.129. The van der Waals surface area contributed by atoms with Crippen LogP contribution in [0.1, 0.15) is 55.7 Å². The molecule has 0 unspecified atom stereocenters. The van der Waals surface area contributed by atoms with Gasteiger partial charge in [0.1, 0.15) is 17.5 Å². The number of amides is 1. The monoisotopic (exact) mass is 423 g/mol. The standard InChI is InChI=1S/C24H30FN5O/c1-16-27-28-21-13-29(6-7-30(16)21)14-22(31)26-24-11-17-8-18(12-24)10-23(9-17,15-24)19-2-4-20(25)5-3-19/h2-5,17-18H,6-15H2,1H3,(H,26,31)/t17-,18+,23-,24-. The molecule has 4 saturated carbocycles. The SMILES string of the molecule is Cc1nnc2n1CCN(CC(=O)N[C@@]13C[C@H]4C[C@@H](C1)C[C@@](c1ccc(F)cc1)(C4)C3)C2. The van der Waals surface area contributed by atoms with E-state index in [-0.39, 0.29) is 22.7 Å². The number of carbonyl (C=O) groups excluding carboxylic acids is 1. The molecule has 4 atom stereocenters. The van der Waals surface area contributed by atoms with Crippen LogP contribution in [0.3, 0.4) is 0 Å². The van der Waals surface area contributed by atoms with E-state index in [1.165, 1.54) is 24.8 Å². The molecule has 31 heavy (non-hydrogen) atoms. The van der Waals surface area contributed by atoms with Gasteiger partial charge in [-0.1, -0.05) is 12.1 Å². The fourth-order valence-electron chi connectivity index (χ4n) is 7.58. The third-order valence-corrected chi connectivity index (χ3v) is 8.31. The summed E-state index contributed by atoms with van der Waals surface area (Å²) in [5, 5.41) is 11.9. The van der Waals surface area contributed by atoms with Gasteiger partial charge in [-0.3, -0.25) is 9.69 Å². The second-order valence-corrected chi connectivity index (χ2v) is 10.6. The van der Waals surface area contributed by atoms with E-state index in [1.54, 1.807) is 12.1 Å². The third kappa shape index (κ3) is 3.28. The fraction of sp³-hybridized carbons (Fsp3) is 0.625. The van der Waals surface area contributed by atoms with Gasteiger partial charge >= 0.3 is 0 Å². The molecule has 0 radical (unpaired) electrons. The minimum absolute atomic E-state index is 0.0874. The highest BCUT2D eigenvalue weighted by Crippen LogP contribution is 2.62. The van der Waals surface area contributed by atoms with Gasteiger partial charge in [-0.25, -0.2) is 4.39 Å². The number of halogens is 1. The Hall–Kier alpha value is -2.28. The van der Waals surface area contributed by atoms with Crippen molar-refractivity contribution in [2.75, 3.05) is 13.1 Å². The van der Waals surface area contributed by atoms with Crippen molar-refractivity contribution >= 4 is 5.91 Å². The number of hydrogen-bond donors (Lipinski definition) is 1. The van der Waals surface area contributed by atoms with Gasteiger partial charge in [-0.15, -0.1) is 10.2 Å². The van der Waals surface area contributed by atoms with Gasteiger partial charge in [0.15, 0.2) is 0 Å². The lowest BCUT2D eigenvalue weighted by Gasteiger charge is -2.62. The molecule has 0 saturated heterocycles. The molecule has 4 bridgehead atoms. The molecule has 7 heteroatoms. The summed E-state index contributed by atoms with van der Waals surface area (Å²) in [6, 6.07) is 7.14. The summed E-state index contributed by atoms with van der Waals surface area (Å²) in [5.74, 6) is 3.15. The first kappa shape index (κ1) is 19.4. The number of fused-ring (bicyclic) bond motifs is 1. The van der Waals surface area contributed by atoms with Crippen molar-refractivity contribution in [1.82, 2.24) is 25.0 Å². The third-order valence-electron chi connectivity index (χ3n) is 8.31. The van der Waals surface area contributed by atoms with Crippen LogP contribution >= 0.6 is 0 Å². The molecule has 6 nitrogen and oxygen atoms in total. The average molecular weight is 424 g/mol. The fourth-order valence-corrected chi connectivity index (χ4v) is 7.58. The van der Waals surface area contributed by atoms with Crippen LogP contribution in [0, 0.1) is 24.6 Å². The Bertz CT molecular complexity index is 1000. The number of benzene rings is 1. The predicted octanol–water partition coefficient (Wildman–Crippen LogP) is 2.95. The normalized spacial score (nSPS) is 34.0. The van der Waals surface area contributed by atoms with E-state index < -0.39 is 0 Å². The van der Waals surface area contributed by atoms with Crippen molar-refractivity contribution in [1.29, 1.82) is 0 Å². The van der Waals surface area contributed by atoms with Gasteiger partial charge in [0.25, 0.3) is 0 Å². The molecular formula is C24H30FN5O. The maximum Gasteiger partial charge on any atom is 0.234 e. The highest BCUT2D eigenvalue weighted by Gasteiger charge is 2.58. The highest BCUT2D eigenvalue weighted by atomic mass is 19.1. The molecule has 1 N–H and O–H groups in total. The molecule has 7 rings (SSSR count). The molecule has 0 spiro atoms. The van der Waals surface area contributed by atoms with Crippen molar-refractivity contribution in [2.45, 2.75) is 69.5 Å². The topological polar surface area (TPSA) is 63.1 Å². The van der Waals surface area contributed by atoms with Crippen LogP contribution in [-0.4, -0.2) is 44.2 Å². The number of aryl methyl sites for hydroxylation is 1. The minimum atomic E-state index is -0.177. The molecular weight excluding hydrogens is 393 g/mol. The Morgan fingerprint density at radius 3 is 2.61 bits per heavy atom. The van der Waals surface area contributed by atoms with E-state index in [9.17, 15) is 9.18 Å². The number of rotatable bonds is 4. The Kier molecular flexibility index (Phi) is 4.29. The zero-order chi connectivity index (χ0) is 21.2. The summed E-state index contributed by atoms with van der Waals surface area (Å²) in [6.45, 7) is 4.74. The molecule has 5 aliphatic rings. The number of hydrogen-bond acceptors (Lipinski definition) is 4. The summed E-state index contributed by atoms with van der Waals surface area (Å²) in [6.07, 6.45) is 6.79. The van der Waals surface area contributed by atoms with Crippen molar-refractivity contribution in [3.63, 3.8) is 0 Å². The van der Waals surface area contributed by atoms with Crippen LogP contribution in [0.5, 0.6) is 0 Å². The maximum absolute atomic E-state index is 13.6. The van der Waals surface area contributed by atoms with Gasteiger partial charge in [0.05, 0.1) is 13.1 Å². The lowest BCUT2D eigenvalue weighted by Crippen LogP contribution is -2.65. The van der Waals surface area contributed by atoms with Gasteiger partial charge in [0.2, 0.25) is 5.91 Å². The van der Waals surface area contributed by atoms with Gasteiger partial charge in [0, 0.05) is 18.6 Å². The van der Waals surface area contributed by atoms with Crippen LogP contribution in [0.2, 0.25) is 0 Å². The summed E-state index contributed by atoms with van der Waals surface area (Å²) in [5.41, 5.74) is 1.24. The Morgan fingerprint density at radius 2 is 1.87 bits per heavy atom. The lowest BCUT2D eigenvalue weighted by atomic mass is 9.45. The van der Waals surface area contributed by atoms with E-state index >= 15 is 0 Å². The van der Waals surface area contributed by atoms with Crippen LogP contribution < -0.4 is 5.32 Å². The predicted molar refractivity (Wildman–Crippen MR) is 114 cm³/mol. The second-order valence-electron chi connectivity index (χ2n) is 10.6. The molecule has 164 valence electrons. The van der Waals surface area contributed by atoms with Crippen LogP contribution in [-0.2, 0) is 23.3 Å². The Labute approximate surface area is 182 Å².